The Labute approximate surface area is 163 Å². The Balaban J connectivity index is 1.62. The van der Waals surface area contributed by atoms with Gasteiger partial charge < -0.3 is 0 Å². The zero-order valence-corrected chi connectivity index (χ0v) is 16.2. The van der Waals surface area contributed by atoms with Crippen molar-refractivity contribution in [2.45, 2.75) is 32.4 Å². The van der Waals surface area contributed by atoms with Crippen LogP contribution in [0.2, 0.25) is 0 Å². The number of rotatable bonds is 3. The van der Waals surface area contributed by atoms with Gasteiger partial charge in [-0.3, -0.25) is 18.7 Å². The van der Waals surface area contributed by atoms with E-state index in [2.05, 4.69) is 45.4 Å². The molecule has 0 N–H and O–H groups in total. The summed E-state index contributed by atoms with van der Waals surface area (Å²) in [5.41, 5.74) is 3.26. The minimum absolute atomic E-state index is 0.0338. The second kappa shape index (κ2) is 6.56. The van der Waals surface area contributed by atoms with E-state index in [1.807, 2.05) is 29.5 Å². The van der Waals surface area contributed by atoms with Crippen LogP contribution < -0.4 is 5.56 Å². The fraction of sp³-hybridized carbons (Fsp3) is 0.318. The Morgan fingerprint density at radius 1 is 1.11 bits per heavy atom. The Morgan fingerprint density at radius 3 is 2.75 bits per heavy atom. The number of aryl methyl sites for hydroxylation is 2. The van der Waals surface area contributed by atoms with Gasteiger partial charge in [0.25, 0.3) is 5.56 Å². The topological polar surface area (TPSA) is 55.4 Å². The van der Waals surface area contributed by atoms with Gasteiger partial charge in [0.05, 0.1) is 17.4 Å². The van der Waals surface area contributed by atoms with Crippen molar-refractivity contribution in [3.8, 4) is 0 Å². The lowest BCUT2D eigenvalue weighted by molar-refractivity contribution is 0.241. The summed E-state index contributed by atoms with van der Waals surface area (Å²) in [5.74, 6) is 1.47. The van der Waals surface area contributed by atoms with Crippen molar-refractivity contribution in [1.29, 1.82) is 0 Å². The quantitative estimate of drug-likeness (QED) is 0.553. The Morgan fingerprint density at radius 2 is 1.93 bits per heavy atom. The molecule has 6 heteroatoms. The molecule has 0 radical (unpaired) electrons. The van der Waals surface area contributed by atoms with Gasteiger partial charge in [0.15, 0.2) is 5.82 Å². The summed E-state index contributed by atoms with van der Waals surface area (Å²) in [4.78, 5) is 15.2. The van der Waals surface area contributed by atoms with E-state index in [0.717, 1.165) is 29.9 Å². The van der Waals surface area contributed by atoms with Crippen LogP contribution >= 0.6 is 0 Å². The first-order valence-electron chi connectivity index (χ1n) is 9.76. The van der Waals surface area contributed by atoms with Crippen LogP contribution in [0.1, 0.15) is 35.8 Å². The van der Waals surface area contributed by atoms with Crippen molar-refractivity contribution in [1.82, 2.24) is 24.1 Å². The van der Waals surface area contributed by atoms with Gasteiger partial charge in [-0.2, -0.15) is 0 Å². The number of hydrogen-bond donors (Lipinski definition) is 0. The van der Waals surface area contributed by atoms with Gasteiger partial charge in [0, 0.05) is 13.1 Å². The van der Waals surface area contributed by atoms with Gasteiger partial charge in [-0.1, -0.05) is 42.0 Å². The van der Waals surface area contributed by atoms with E-state index in [9.17, 15) is 4.79 Å². The molecule has 0 bridgehead atoms. The molecule has 28 heavy (non-hydrogen) atoms. The number of likely N-dealkylation sites (tertiary alicyclic amines) is 1. The Hall–Kier alpha value is -2.99. The molecular weight excluding hydrogens is 350 g/mol. The SMILES string of the molecule is Cc1ccc2c(c1)c(=O)n(C)c1nnc(CN3CCCC3c3ccccc3)n21. The fourth-order valence-electron chi connectivity index (χ4n) is 4.41. The summed E-state index contributed by atoms with van der Waals surface area (Å²) < 4.78 is 3.63. The molecule has 2 aromatic carbocycles. The molecule has 1 aliphatic rings. The van der Waals surface area contributed by atoms with Crippen LogP contribution in [-0.4, -0.2) is 30.6 Å². The molecule has 142 valence electrons. The van der Waals surface area contributed by atoms with Gasteiger partial charge in [0.2, 0.25) is 5.78 Å². The van der Waals surface area contributed by atoms with Crippen LogP contribution in [0.25, 0.3) is 16.7 Å². The average Bonchev–Trinajstić information content (AvgIpc) is 3.35. The first-order chi connectivity index (χ1) is 13.6. The van der Waals surface area contributed by atoms with Gasteiger partial charge >= 0.3 is 0 Å². The third-order valence-electron chi connectivity index (χ3n) is 5.83. The highest BCUT2D eigenvalue weighted by atomic mass is 16.1. The van der Waals surface area contributed by atoms with Crippen molar-refractivity contribution in [3.05, 3.63) is 75.8 Å². The minimum Gasteiger partial charge on any atom is -0.289 e. The van der Waals surface area contributed by atoms with Crippen molar-refractivity contribution < 1.29 is 0 Å². The molecule has 2 aromatic heterocycles. The molecule has 5 rings (SSSR count). The highest BCUT2D eigenvalue weighted by Crippen LogP contribution is 2.33. The predicted molar refractivity (Wildman–Crippen MR) is 109 cm³/mol. The molecule has 1 aliphatic heterocycles. The molecule has 0 saturated carbocycles. The van der Waals surface area contributed by atoms with E-state index in [1.165, 1.54) is 12.0 Å². The largest absolute Gasteiger partial charge is 0.289 e. The number of fused-ring (bicyclic) bond motifs is 3. The minimum atomic E-state index is -0.0338. The maximum atomic E-state index is 12.8. The monoisotopic (exact) mass is 373 g/mol. The number of nitrogens with zero attached hydrogens (tertiary/aromatic N) is 5. The molecular formula is C22H23N5O. The van der Waals surface area contributed by atoms with Crippen LogP contribution in [0.15, 0.2) is 53.3 Å². The lowest BCUT2D eigenvalue weighted by atomic mass is 10.0. The summed E-state index contributed by atoms with van der Waals surface area (Å²) in [5, 5.41) is 9.52. The summed E-state index contributed by atoms with van der Waals surface area (Å²) >= 11 is 0. The lowest BCUT2D eigenvalue weighted by Crippen LogP contribution is -2.25. The predicted octanol–water partition coefficient (Wildman–Crippen LogP) is 3.23. The van der Waals surface area contributed by atoms with E-state index in [0.29, 0.717) is 23.8 Å². The highest BCUT2D eigenvalue weighted by molar-refractivity contribution is 5.81. The van der Waals surface area contributed by atoms with Gasteiger partial charge in [0.1, 0.15) is 0 Å². The molecule has 1 saturated heterocycles. The number of hydrogen-bond acceptors (Lipinski definition) is 4. The number of aromatic nitrogens is 4. The van der Waals surface area contributed by atoms with E-state index in [4.69, 9.17) is 0 Å². The second-order valence-electron chi connectivity index (χ2n) is 7.68. The summed E-state index contributed by atoms with van der Waals surface area (Å²) in [6, 6.07) is 17.0. The maximum Gasteiger partial charge on any atom is 0.262 e. The number of benzene rings is 2. The molecule has 1 atom stereocenters. The van der Waals surface area contributed by atoms with Crippen LogP contribution in [0.4, 0.5) is 0 Å². The summed E-state index contributed by atoms with van der Waals surface area (Å²) in [6.07, 6.45) is 2.33. The van der Waals surface area contributed by atoms with Gasteiger partial charge in [-0.05, 0) is 44.0 Å². The Kier molecular flexibility index (Phi) is 4.02. The van der Waals surface area contributed by atoms with E-state index in [-0.39, 0.29) is 5.56 Å². The Bertz CT molecular complexity index is 1220. The van der Waals surface area contributed by atoms with Crippen LogP contribution in [-0.2, 0) is 13.6 Å². The molecule has 1 fully saturated rings. The fourth-order valence-corrected chi connectivity index (χ4v) is 4.41. The molecule has 3 heterocycles. The second-order valence-corrected chi connectivity index (χ2v) is 7.68. The first-order valence-corrected chi connectivity index (χ1v) is 9.76. The van der Waals surface area contributed by atoms with Crippen LogP contribution in [0, 0.1) is 6.92 Å². The maximum absolute atomic E-state index is 12.8. The van der Waals surface area contributed by atoms with Crippen LogP contribution in [0.5, 0.6) is 0 Å². The summed E-state index contributed by atoms with van der Waals surface area (Å²) in [6.45, 7) is 3.75. The van der Waals surface area contributed by atoms with E-state index in [1.54, 1.807) is 11.6 Å². The van der Waals surface area contributed by atoms with Gasteiger partial charge in [-0.15, -0.1) is 10.2 Å². The third-order valence-corrected chi connectivity index (χ3v) is 5.83. The normalized spacial score (nSPS) is 17.7. The highest BCUT2D eigenvalue weighted by Gasteiger charge is 2.27. The van der Waals surface area contributed by atoms with Crippen molar-refractivity contribution >= 4 is 16.7 Å². The average molecular weight is 373 g/mol. The lowest BCUT2D eigenvalue weighted by Gasteiger charge is -2.24. The van der Waals surface area contributed by atoms with Crippen molar-refractivity contribution in [2.75, 3.05) is 6.54 Å². The molecule has 0 aliphatic carbocycles. The van der Waals surface area contributed by atoms with E-state index >= 15 is 0 Å². The van der Waals surface area contributed by atoms with Crippen molar-refractivity contribution in [2.24, 2.45) is 7.05 Å². The molecule has 6 nitrogen and oxygen atoms in total. The van der Waals surface area contributed by atoms with Crippen LogP contribution in [0.3, 0.4) is 0 Å². The molecule has 0 spiro atoms. The third kappa shape index (κ3) is 2.64. The summed E-state index contributed by atoms with van der Waals surface area (Å²) in [7, 11) is 1.76. The van der Waals surface area contributed by atoms with Gasteiger partial charge in [-0.25, -0.2) is 0 Å². The molecule has 1 unspecified atom stereocenters. The zero-order valence-electron chi connectivity index (χ0n) is 16.2. The molecule has 4 aromatic rings. The smallest absolute Gasteiger partial charge is 0.262 e. The standard InChI is InChI=1S/C22H23N5O/c1-15-10-11-19-17(13-15)21(28)25(2)22-24-23-20(27(19)22)14-26-12-6-9-18(26)16-7-4-3-5-8-16/h3-5,7-8,10-11,13,18H,6,9,12,14H2,1-2H3. The zero-order chi connectivity index (χ0) is 19.3. The van der Waals surface area contributed by atoms with Crippen molar-refractivity contribution in [3.63, 3.8) is 0 Å². The van der Waals surface area contributed by atoms with E-state index < -0.39 is 0 Å². The first kappa shape index (κ1) is 17.1. The molecule has 0 amide bonds.